The molecule has 0 aliphatic carbocycles. The molecule has 0 spiro atoms. The van der Waals surface area contributed by atoms with Crippen LogP contribution in [0.5, 0.6) is 0 Å². The minimum Gasteiger partial charge on any atom is -0.309 e. The van der Waals surface area contributed by atoms with E-state index in [1.807, 2.05) is 30.3 Å². The van der Waals surface area contributed by atoms with E-state index in [-0.39, 0.29) is 0 Å². The van der Waals surface area contributed by atoms with Gasteiger partial charge in [0.15, 0.2) is 0 Å². The van der Waals surface area contributed by atoms with Crippen molar-refractivity contribution < 1.29 is 0 Å². The van der Waals surface area contributed by atoms with Gasteiger partial charge in [0.25, 0.3) is 0 Å². The molecule has 0 saturated carbocycles. The van der Waals surface area contributed by atoms with Gasteiger partial charge >= 0.3 is 0 Å². The average Bonchev–Trinajstić information content (AvgIpc) is 3.18. The van der Waals surface area contributed by atoms with Crippen LogP contribution in [0.1, 0.15) is 5.56 Å². The maximum atomic E-state index is 9.20. The second-order valence-electron chi connectivity index (χ2n) is 7.77. The number of rotatable bonds is 2. The van der Waals surface area contributed by atoms with E-state index >= 15 is 0 Å². The first kappa shape index (κ1) is 17.5. The molecule has 6 rings (SSSR count). The summed E-state index contributed by atoms with van der Waals surface area (Å²) in [7, 11) is 0. The molecule has 31 heavy (non-hydrogen) atoms. The van der Waals surface area contributed by atoms with E-state index in [9.17, 15) is 5.26 Å². The fraction of sp³-hybridized carbons (Fsp3) is 0. The lowest BCUT2D eigenvalue weighted by Crippen LogP contribution is -1.93. The Bertz CT molecular complexity index is 1620. The Morgan fingerprint density at radius 3 is 2.13 bits per heavy atom. The highest BCUT2D eigenvalue weighted by molar-refractivity contribution is 6.21. The summed E-state index contributed by atoms with van der Waals surface area (Å²) in [5, 5.41) is 14.2. The van der Waals surface area contributed by atoms with Crippen molar-refractivity contribution >= 4 is 32.6 Å². The topological polar surface area (TPSA) is 28.7 Å². The smallest absolute Gasteiger partial charge is 0.0991 e. The van der Waals surface area contributed by atoms with Gasteiger partial charge in [-0.15, -0.1) is 0 Å². The molecule has 0 atom stereocenters. The lowest BCUT2D eigenvalue weighted by molar-refractivity contribution is 1.18. The first-order chi connectivity index (χ1) is 15.3. The third-order valence-corrected chi connectivity index (χ3v) is 6.02. The molecule has 0 saturated heterocycles. The minimum absolute atomic E-state index is 0.668. The number of nitrogens with zero attached hydrogens (tertiary/aromatic N) is 2. The highest BCUT2D eigenvalue weighted by Gasteiger charge is 2.15. The van der Waals surface area contributed by atoms with E-state index in [1.165, 1.54) is 38.2 Å². The Morgan fingerprint density at radius 1 is 0.581 bits per heavy atom. The van der Waals surface area contributed by atoms with Crippen molar-refractivity contribution in [1.82, 2.24) is 4.57 Å². The van der Waals surface area contributed by atoms with Gasteiger partial charge in [-0.05, 0) is 64.4 Å². The van der Waals surface area contributed by atoms with E-state index in [1.54, 1.807) is 0 Å². The van der Waals surface area contributed by atoms with Crippen molar-refractivity contribution in [3.63, 3.8) is 0 Å². The second kappa shape index (κ2) is 6.86. The molecule has 0 N–H and O–H groups in total. The molecule has 1 heterocycles. The number of hydrogen-bond acceptors (Lipinski definition) is 1. The van der Waals surface area contributed by atoms with Crippen LogP contribution in [0.2, 0.25) is 0 Å². The Kier molecular flexibility index (Phi) is 3.88. The first-order valence-electron chi connectivity index (χ1n) is 10.4. The van der Waals surface area contributed by atoms with Crippen molar-refractivity contribution in [2.45, 2.75) is 0 Å². The standard InChI is InChI=1S/C29H18N2/c30-19-20-10-14-24(15-11-20)31-27-16-13-23(21-6-2-1-3-7-21)18-26(27)29-25-9-5-4-8-22(25)12-17-28(29)31/h1-18H. The number of benzene rings is 5. The van der Waals surface area contributed by atoms with Crippen LogP contribution in [-0.4, -0.2) is 4.57 Å². The number of aromatic nitrogens is 1. The summed E-state index contributed by atoms with van der Waals surface area (Å²) < 4.78 is 2.30. The van der Waals surface area contributed by atoms with Crippen LogP contribution in [0.3, 0.4) is 0 Å². The molecule has 144 valence electrons. The van der Waals surface area contributed by atoms with Gasteiger partial charge in [0, 0.05) is 16.5 Å². The van der Waals surface area contributed by atoms with Gasteiger partial charge < -0.3 is 4.57 Å². The molecule has 0 unspecified atom stereocenters. The van der Waals surface area contributed by atoms with Crippen LogP contribution in [-0.2, 0) is 0 Å². The highest BCUT2D eigenvalue weighted by Crippen LogP contribution is 2.38. The Labute approximate surface area is 180 Å². The molecule has 0 aliphatic heterocycles. The summed E-state index contributed by atoms with van der Waals surface area (Å²) in [6.07, 6.45) is 0. The number of nitriles is 1. The molecule has 5 aromatic carbocycles. The molecule has 0 aliphatic rings. The average molecular weight is 394 g/mol. The molecule has 0 radical (unpaired) electrons. The van der Waals surface area contributed by atoms with Crippen molar-refractivity contribution in [2.75, 3.05) is 0 Å². The molecule has 0 amide bonds. The Balaban J connectivity index is 1.75. The maximum Gasteiger partial charge on any atom is 0.0991 e. The zero-order chi connectivity index (χ0) is 20.8. The summed E-state index contributed by atoms with van der Waals surface area (Å²) in [4.78, 5) is 0. The van der Waals surface area contributed by atoms with Gasteiger partial charge in [0.1, 0.15) is 0 Å². The van der Waals surface area contributed by atoms with E-state index in [0.29, 0.717) is 5.56 Å². The molecule has 0 bridgehead atoms. The molecule has 6 aromatic rings. The lowest BCUT2D eigenvalue weighted by Gasteiger charge is -2.08. The Morgan fingerprint density at radius 2 is 1.32 bits per heavy atom. The normalized spacial score (nSPS) is 11.2. The van der Waals surface area contributed by atoms with Crippen LogP contribution in [0.4, 0.5) is 0 Å². The van der Waals surface area contributed by atoms with Crippen molar-refractivity contribution in [1.29, 1.82) is 5.26 Å². The van der Waals surface area contributed by atoms with Gasteiger partial charge in [-0.25, -0.2) is 0 Å². The van der Waals surface area contributed by atoms with Crippen LogP contribution in [0.25, 0.3) is 49.4 Å². The molecule has 0 fully saturated rings. The van der Waals surface area contributed by atoms with Gasteiger partial charge in [-0.1, -0.05) is 66.7 Å². The first-order valence-corrected chi connectivity index (χ1v) is 10.4. The maximum absolute atomic E-state index is 9.20. The predicted octanol–water partition coefficient (Wildman–Crippen LogP) is 7.48. The summed E-state index contributed by atoms with van der Waals surface area (Å²) in [6, 6.07) is 40.2. The zero-order valence-corrected chi connectivity index (χ0v) is 16.8. The van der Waals surface area contributed by atoms with Crippen LogP contribution in [0.15, 0.2) is 109 Å². The largest absolute Gasteiger partial charge is 0.309 e. The van der Waals surface area contributed by atoms with Crippen LogP contribution in [0, 0.1) is 11.3 Å². The molecular formula is C29H18N2. The van der Waals surface area contributed by atoms with Gasteiger partial charge in [-0.3, -0.25) is 0 Å². The number of fused-ring (bicyclic) bond motifs is 5. The van der Waals surface area contributed by atoms with E-state index in [0.717, 1.165) is 11.2 Å². The molecule has 2 nitrogen and oxygen atoms in total. The fourth-order valence-electron chi connectivity index (χ4n) is 4.56. The zero-order valence-electron chi connectivity index (χ0n) is 16.8. The van der Waals surface area contributed by atoms with E-state index in [2.05, 4.69) is 89.5 Å². The summed E-state index contributed by atoms with van der Waals surface area (Å²) in [5.74, 6) is 0. The fourth-order valence-corrected chi connectivity index (χ4v) is 4.56. The SMILES string of the molecule is N#Cc1ccc(-n2c3ccc(-c4ccccc4)cc3c3c4ccccc4ccc32)cc1. The summed E-state index contributed by atoms with van der Waals surface area (Å²) in [6.45, 7) is 0. The summed E-state index contributed by atoms with van der Waals surface area (Å²) >= 11 is 0. The van der Waals surface area contributed by atoms with Crippen LogP contribution < -0.4 is 0 Å². The van der Waals surface area contributed by atoms with Gasteiger partial charge in [0.05, 0.1) is 22.7 Å². The number of hydrogen-bond donors (Lipinski definition) is 0. The second-order valence-corrected chi connectivity index (χ2v) is 7.77. The molecule has 2 heteroatoms. The van der Waals surface area contributed by atoms with E-state index < -0.39 is 0 Å². The van der Waals surface area contributed by atoms with Crippen molar-refractivity contribution in [3.8, 4) is 22.9 Å². The monoisotopic (exact) mass is 394 g/mol. The summed E-state index contributed by atoms with van der Waals surface area (Å²) in [5.41, 5.74) is 6.48. The van der Waals surface area contributed by atoms with Gasteiger partial charge in [-0.2, -0.15) is 5.26 Å². The van der Waals surface area contributed by atoms with Crippen molar-refractivity contribution in [2.24, 2.45) is 0 Å². The highest BCUT2D eigenvalue weighted by atomic mass is 15.0. The minimum atomic E-state index is 0.668. The molecular weight excluding hydrogens is 376 g/mol. The van der Waals surface area contributed by atoms with Crippen LogP contribution >= 0.6 is 0 Å². The van der Waals surface area contributed by atoms with E-state index in [4.69, 9.17) is 0 Å². The van der Waals surface area contributed by atoms with Crippen molar-refractivity contribution in [3.05, 3.63) is 115 Å². The third-order valence-electron chi connectivity index (χ3n) is 6.02. The van der Waals surface area contributed by atoms with Gasteiger partial charge in [0.2, 0.25) is 0 Å². The third kappa shape index (κ3) is 2.72. The molecule has 1 aromatic heterocycles. The Hall–Kier alpha value is -4.35. The predicted molar refractivity (Wildman–Crippen MR) is 128 cm³/mol. The quantitative estimate of drug-likeness (QED) is 0.299. The lowest BCUT2D eigenvalue weighted by atomic mass is 10.0.